The van der Waals surface area contributed by atoms with Gasteiger partial charge in [0.05, 0.1) is 24.7 Å². The van der Waals surface area contributed by atoms with Crippen molar-refractivity contribution in [2.75, 3.05) is 19.0 Å². The first kappa shape index (κ1) is 17.5. The molecule has 0 spiro atoms. The van der Waals surface area contributed by atoms with Crippen LogP contribution in [0.25, 0.3) is 5.82 Å². The van der Waals surface area contributed by atoms with E-state index in [-0.39, 0.29) is 12.5 Å². The number of carbonyl (C=O) groups is 1. The van der Waals surface area contributed by atoms with Gasteiger partial charge in [0.25, 0.3) is 5.91 Å². The van der Waals surface area contributed by atoms with Gasteiger partial charge in [0.2, 0.25) is 0 Å². The van der Waals surface area contributed by atoms with Crippen molar-refractivity contribution in [1.29, 1.82) is 0 Å². The number of amides is 1. The number of ether oxygens (including phenoxy) is 2. The van der Waals surface area contributed by atoms with E-state index < -0.39 is 0 Å². The molecule has 0 aliphatic heterocycles. The number of carbonyl (C=O) groups excluding carboxylic acids is 1. The maximum Gasteiger partial charge on any atom is 0.262 e. The highest BCUT2D eigenvalue weighted by molar-refractivity contribution is 5.91. The number of nitrogens with zero attached hydrogens (tertiary/aromatic N) is 3. The van der Waals surface area contributed by atoms with Gasteiger partial charge >= 0.3 is 0 Å². The lowest BCUT2D eigenvalue weighted by atomic mass is 10.3. The zero-order chi connectivity index (χ0) is 18.5. The predicted octanol–water partition coefficient (Wildman–Crippen LogP) is 2.91. The molecule has 0 aliphatic rings. The third-order valence-corrected chi connectivity index (χ3v) is 3.67. The number of pyridine rings is 1. The topological polar surface area (TPSA) is 78.3 Å². The maximum atomic E-state index is 12.0. The van der Waals surface area contributed by atoms with E-state index in [1.165, 1.54) is 0 Å². The van der Waals surface area contributed by atoms with Crippen LogP contribution in [0.2, 0.25) is 0 Å². The SMILES string of the molecule is COc1cccc(OCC(=O)Nc2ccc(-n3nc(C)cc3C)nc2)c1. The molecule has 0 radical (unpaired) electrons. The van der Waals surface area contributed by atoms with E-state index >= 15 is 0 Å². The quantitative estimate of drug-likeness (QED) is 0.738. The van der Waals surface area contributed by atoms with E-state index in [0.717, 1.165) is 11.4 Å². The number of nitrogens with one attached hydrogen (secondary N) is 1. The molecular weight excluding hydrogens is 332 g/mol. The molecule has 0 unspecified atom stereocenters. The Kier molecular flexibility index (Phi) is 5.17. The van der Waals surface area contributed by atoms with Crippen LogP contribution in [0.1, 0.15) is 11.4 Å². The van der Waals surface area contributed by atoms with Crippen molar-refractivity contribution < 1.29 is 14.3 Å². The van der Waals surface area contributed by atoms with E-state index in [1.54, 1.807) is 48.3 Å². The van der Waals surface area contributed by atoms with E-state index in [1.807, 2.05) is 26.0 Å². The van der Waals surface area contributed by atoms with Crippen molar-refractivity contribution in [3.8, 4) is 17.3 Å². The number of methoxy groups -OCH3 is 1. The smallest absolute Gasteiger partial charge is 0.262 e. The predicted molar refractivity (Wildman–Crippen MR) is 98.0 cm³/mol. The van der Waals surface area contributed by atoms with Crippen LogP contribution >= 0.6 is 0 Å². The van der Waals surface area contributed by atoms with Gasteiger partial charge in [-0.1, -0.05) is 6.07 Å². The molecule has 26 heavy (non-hydrogen) atoms. The molecule has 7 heteroatoms. The van der Waals surface area contributed by atoms with E-state index in [4.69, 9.17) is 9.47 Å². The standard InChI is InChI=1S/C19H20N4O3/c1-13-9-14(2)23(22-13)18-8-7-15(11-20-18)21-19(24)12-26-17-6-4-5-16(10-17)25-3/h4-11H,12H2,1-3H3,(H,21,24). The van der Waals surface area contributed by atoms with Gasteiger partial charge in [-0.05, 0) is 44.2 Å². The number of hydrogen-bond acceptors (Lipinski definition) is 5. The summed E-state index contributed by atoms with van der Waals surface area (Å²) in [7, 11) is 1.58. The van der Waals surface area contributed by atoms with Crippen LogP contribution in [-0.2, 0) is 4.79 Å². The molecule has 7 nitrogen and oxygen atoms in total. The first-order valence-corrected chi connectivity index (χ1v) is 8.11. The Morgan fingerprint density at radius 2 is 1.96 bits per heavy atom. The van der Waals surface area contributed by atoms with E-state index in [9.17, 15) is 4.79 Å². The molecule has 1 aromatic carbocycles. The fourth-order valence-electron chi connectivity index (χ4n) is 2.48. The summed E-state index contributed by atoms with van der Waals surface area (Å²) >= 11 is 0. The first-order chi connectivity index (χ1) is 12.5. The molecule has 3 rings (SSSR count). The van der Waals surface area contributed by atoms with Gasteiger partial charge in [-0.3, -0.25) is 4.79 Å². The summed E-state index contributed by atoms with van der Waals surface area (Å²) in [4.78, 5) is 16.4. The molecule has 1 N–H and O–H groups in total. The molecule has 0 saturated heterocycles. The molecule has 0 aliphatic carbocycles. The van der Waals surface area contributed by atoms with Crippen molar-refractivity contribution in [3.05, 3.63) is 60.0 Å². The Labute approximate surface area is 151 Å². The number of hydrogen-bond donors (Lipinski definition) is 1. The zero-order valence-electron chi connectivity index (χ0n) is 14.9. The minimum atomic E-state index is -0.270. The normalized spacial score (nSPS) is 10.4. The summed E-state index contributed by atoms with van der Waals surface area (Å²) in [6.45, 7) is 3.79. The minimum Gasteiger partial charge on any atom is -0.497 e. The van der Waals surface area contributed by atoms with Crippen molar-refractivity contribution in [1.82, 2.24) is 14.8 Å². The molecule has 0 atom stereocenters. The summed E-state index contributed by atoms with van der Waals surface area (Å²) in [5.41, 5.74) is 2.52. The third kappa shape index (κ3) is 4.18. The largest absolute Gasteiger partial charge is 0.497 e. The van der Waals surface area contributed by atoms with Gasteiger partial charge in [-0.2, -0.15) is 5.10 Å². The number of anilines is 1. The minimum absolute atomic E-state index is 0.105. The number of benzene rings is 1. The summed E-state index contributed by atoms with van der Waals surface area (Å²) in [6, 6.07) is 12.7. The molecule has 1 amide bonds. The molecule has 2 aromatic heterocycles. The Bertz CT molecular complexity index is 903. The van der Waals surface area contributed by atoms with Crippen LogP contribution in [0.3, 0.4) is 0 Å². The molecular formula is C19H20N4O3. The summed E-state index contributed by atoms with van der Waals surface area (Å²) in [5.74, 6) is 1.67. The maximum absolute atomic E-state index is 12.0. The highest BCUT2D eigenvalue weighted by atomic mass is 16.5. The molecule has 0 saturated carbocycles. The number of aromatic nitrogens is 3. The lowest BCUT2D eigenvalue weighted by molar-refractivity contribution is -0.118. The summed E-state index contributed by atoms with van der Waals surface area (Å²) in [5, 5.41) is 7.14. The van der Waals surface area contributed by atoms with Crippen molar-refractivity contribution in [2.45, 2.75) is 13.8 Å². The average Bonchev–Trinajstić information content (AvgIpc) is 2.99. The van der Waals surface area contributed by atoms with Gasteiger partial charge in [-0.25, -0.2) is 9.67 Å². The highest BCUT2D eigenvalue weighted by Crippen LogP contribution is 2.19. The average molecular weight is 352 g/mol. The Morgan fingerprint density at radius 3 is 2.62 bits per heavy atom. The van der Waals surface area contributed by atoms with Crippen LogP contribution in [0.5, 0.6) is 11.5 Å². The van der Waals surface area contributed by atoms with E-state index in [0.29, 0.717) is 23.0 Å². The van der Waals surface area contributed by atoms with Gasteiger partial charge in [0.1, 0.15) is 11.5 Å². The molecule has 0 fully saturated rings. The number of rotatable bonds is 6. The van der Waals surface area contributed by atoms with E-state index in [2.05, 4.69) is 15.4 Å². The van der Waals surface area contributed by atoms with Crippen LogP contribution in [-0.4, -0.2) is 34.4 Å². The summed E-state index contributed by atoms with van der Waals surface area (Å²) < 4.78 is 12.3. The van der Waals surface area contributed by atoms with Crippen LogP contribution in [0.15, 0.2) is 48.7 Å². The third-order valence-electron chi connectivity index (χ3n) is 3.67. The molecule has 3 aromatic rings. The first-order valence-electron chi connectivity index (χ1n) is 8.11. The van der Waals surface area contributed by atoms with Crippen molar-refractivity contribution in [2.24, 2.45) is 0 Å². The second-order valence-corrected chi connectivity index (χ2v) is 5.76. The Morgan fingerprint density at radius 1 is 1.15 bits per heavy atom. The fourth-order valence-corrected chi connectivity index (χ4v) is 2.48. The molecule has 134 valence electrons. The van der Waals surface area contributed by atoms with Gasteiger partial charge in [0.15, 0.2) is 12.4 Å². The Balaban J connectivity index is 1.58. The fraction of sp³-hybridized carbons (Fsp3) is 0.211. The van der Waals surface area contributed by atoms with Crippen LogP contribution < -0.4 is 14.8 Å². The number of aryl methyl sites for hydroxylation is 2. The molecule has 2 heterocycles. The highest BCUT2D eigenvalue weighted by Gasteiger charge is 2.07. The van der Waals surface area contributed by atoms with Crippen molar-refractivity contribution >= 4 is 11.6 Å². The lowest BCUT2D eigenvalue weighted by Gasteiger charge is -2.09. The Hall–Kier alpha value is -3.35. The van der Waals surface area contributed by atoms with Crippen molar-refractivity contribution in [3.63, 3.8) is 0 Å². The zero-order valence-corrected chi connectivity index (χ0v) is 14.9. The van der Waals surface area contributed by atoms with Gasteiger partial charge in [-0.15, -0.1) is 0 Å². The van der Waals surface area contributed by atoms with Crippen LogP contribution in [0, 0.1) is 13.8 Å². The summed E-state index contributed by atoms with van der Waals surface area (Å²) in [6.07, 6.45) is 1.59. The van der Waals surface area contributed by atoms with Gasteiger partial charge < -0.3 is 14.8 Å². The van der Waals surface area contributed by atoms with Crippen LogP contribution in [0.4, 0.5) is 5.69 Å². The second kappa shape index (κ2) is 7.69. The monoisotopic (exact) mass is 352 g/mol. The van der Waals surface area contributed by atoms with Gasteiger partial charge in [0, 0.05) is 11.8 Å². The second-order valence-electron chi connectivity index (χ2n) is 5.76. The lowest BCUT2D eigenvalue weighted by Crippen LogP contribution is -2.20. The molecule has 0 bridgehead atoms.